The first-order chi connectivity index (χ1) is 8.68. The van der Waals surface area contributed by atoms with Gasteiger partial charge in [0, 0.05) is 23.6 Å². The first-order valence-electron chi connectivity index (χ1n) is 6.07. The van der Waals surface area contributed by atoms with Crippen LogP contribution in [0, 0.1) is 0 Å². The van der Waals surface area contributed by atoms with E-state index in [0.29, 0.717) is 22.5 Å². The van der Waals surface area contributed by atoms with Crippen LogP contribution < -0.4 is 10.6 Å². The summed E-state index contributed by atoms with van der Waals surface area (Å²) in [4.78, 5) is 2.37. The fraction of sp³-hybridized carbons (Fsp3) is 0.500. The number of nitrogens with zero attached hydrogens (tertiary/aromatic N) is 3. The number of benzene rings is 1. The van der Waals surface area contributed by atoms with Crippen LogP contribution in [0.25, 0.3) is 11.0 Å². The van der Waals surface area contributed by atoms with Gasteiger partial charge in [-0.05, 0) is 29.4 Å². The van der Waals surface area contributed by atoms with Crippen molar-refractivity contribution in [3.8, 4) is 0 Å². The van der Waals surface area contributed by atoms with Crippen LogP contribution in [0.2, 0.25) is 0 Å². The Kier molecular flexibility index (Phi) is 2.81. The normalized spacial score (nSPS) is 24.7. The summed E-state index contributed by atoms with van der Waals surface area (Å²) in [5, 5.41) is 8.48. The quantitative estimate of drug-likeness (QED) is 0.796. The number of aromatic nitrogens is 2. The van der Waals surface area contributed by atoms with E-state index in [4.69, 9.17) is 10.4 Å². The van der Waals surface area contributed by atoms with Gasteiger partial charge in [-0.2, -0.15) is 11.8 Å². The number of thioether (sulfide) groups is 1. The van der Waals surface area contributed by atoms with E-state index >= 15 is 0 Å². The Balaban J connectivity index is 2.08. The molecule has 0 saturated carbocycles. The van der Waals surface area contributed by atoms with Crippen molar-refractivity contribution in [2.75, 3.05) is 22.9 Å². The highest BCUT2D eigenvalue weighted by molar-refractivity contribution is 8.00. The molecule has 1 fully saturated rings. The summed E-state index contributed by atoms with van der Waals surface area (Å²) in [6.07, 6.45) is 0. The fourth-order valence-corrected chi connectivity index (χ4v) is 3.48. The predicted octanol–water partition coefficient (Wildman–Crippen LogP) is 2.14. The third kappa shape index (κ3) is 1.71. The average Bonchev–Trinajstić information content (AvgIpc) is 2.84. The van der Waals surface area contributed by atoms with Gasteiger partial charge in [-0.25, -0.2) is 4.63 Å². The van der Waals surface area contributed by atoms with Crippen molar-refractivity contribution in [3.63, 3.8) is 0 Å². The summed E-state index contributed by atoms with van der Waals surface area (Å²) in [5.41, 5.74) is 8.98. The molecule has 2 aromatic rings. The van der Waals surface area contributed by atoms with Gasteiger partial charge in [0.15, 0.2) is 11.0 Å². The minimum absolute atomic E-state index is 0.465. The molecule has 1 aromatic carbocycles. The van der Waals surface area contributed by atoms with E-state index in [-0.39, 0.29) is 0 Å². The third-order valence-corrected chi connectivity index (χ3v) is 4.96. The Labute approximate surface area is 110 Å². The summed E-state index contributed by atoms with van der Waals surface area (Å²) in [6.45, 7) is 5.52. The molecule has 2 heterocycles. The van der Waals surface area contributed by atoms with E-state index in [9.17, 15) is 0 Å². The van der Waals surface area contributed by atoms with Gasteiger partial charge >= 0.3 is 0 Å². The van der Waals surface area contributed by atoms with Gasteiger partial charge in [-0.1, -0.05) is 6.92 Å². The summed E-state index contributed by atoms with van der Waals surface area (Å²) >= 11 is 2.01. The van der Waals surface area contributed by atoms with Crippen LogP contribution in [-0.4, -0.2) is 33.9 Å². The lowest BCUT2D eigenvalue weighted by Gasteiger charge is -2.39. The number of nitrogens with two attached hydrogens (primary N) is 1. The topological polar surface area (TPSA) is 68.2 Å². The molecule has 6 heteroatoms. The molecule has 96 valence electrons. The minimum atomic E-state index is 0.465. The minimum Gasteiger partial charge on any atom is -0.397 e. The molecule has 0 radical (unpaired) electrons. The maximum absolute atomic E-state index is 5.88. The molecule has 2 atom stereocenters. The lowest BCUT2D eigenvalue weighted by molar-refractivity contribution is 0.315. The van der Waals surface area contributed by atoms with Gasteiger partial charge in [0.2, 0.25) is 0 Å². The number of fused-ring (bicyclic) bond motifs is 1. The summed E-state index contributed by atoms with van der Waals surface area (Å²) in [6, 6.07) is 4.36. The van der Waals surface area contributed by atoms with Crippen LogP contribution in [0.4, 0.5) is 11.4 Å². The zero-order valence-corrected chi connectivity index (χ0v) is 11.3. The highest BCUT2D eigenvalue weighted by atomic mass is 32.2. The van der Waals surface area contributed by atoms with Crippen molar-refractivity contribution in [2.45, 2.75) is 25.1 Å². The average molecular weight is 264 g/mol. The monoisotopic (exact) mass is 264 g/mol. The molecule has 1 saturated heterocycles. The van der Waals surface area contributed by atoms with Gasteiger partial charge in [0.05, 0.1) is 11.4 Å². The van der Waals surface area contributed by atoms with Crippen LogP contribution in [0.5, 0.6) is 0 Å². The Morgan fingerprint density at radius 1 is 1.33 bits per heavy atom. The molecule has 0 bridgehead atoms. The first-order valence-corrected chi connectivity index (χ1v) is 7.12. The number of hydrogen-bond donors (Lipinski definition) is 1. The maximum Gasteiger partial charge on any atom is 0.160 e. The van der Waals surface area contributed by atoms with E-state index in [1.165, 1.54) is 0 Å². The third-order valence-electron chi connectivity index (χ3n) is 3.62. The first kappa shape index (κ1) is 11.6. The molecule has 2 unspecified atom stereocenters. The Bertz CT molecular complexity index is 570. The summed E-state index contributed by atoms with van der Waals surface area (Å²) in [5.74, 6) is 1.13. The Morgan fingerprint density at radius 3 is 2.94 bits per heavy atom. The molecule has 3 rings (SSSR count). The fourth-order valence-electron chi connectivity index (χ4n) is 2.38. The lowest BCUT2D eigenvalue weighted by Crippen LogP contribution is -2.44. The highest BCUT2D eigenvalue weighted by Crippen LogP contribution is 2.34. The number of hydrogen-bond acceptors (Lipinski definition) is 6. The predicted molar refractivity (Wildman–Crippen MR) is 74.9 cm³/mol. The molecule has 2 N–H and O–H groups in total. The van der Waals surface area contributed by atoms with E-state index in [2.05, 4.69) is 29.1 Å². The molecule has 1 aromatic heterocycles. The molecule has 18 heavy (non-hydrogen) atoms. The second kappa shape index (κ2) is 4.35. The Morgan fingerprint density at radius 2 is 2.11 bits per heavy atom. The molecular formula is C12H16N4OS. The Hall–Kier alpha value is -1.43. The molecule has 0 aliphatic carbocycles. The largest absolute Gasteiger partial charge is 0.397 e. The zero-order chi connectivity index (χ0) is 12.7. The van der Waals surface area contributed by atoms with Gasteiger partial charge in [-0.15, -0.1) is 0 Å². The van der Waals surface area contributed by atoms with E-state index < -0.39 is 0 Å². The van der Waals surface area contributed by atoms with Crippen molar-refractivity contribution in [1.82, 2.24) is 10.3 Å². The molecule has 0 spiro atoms. The van der Waals surface area contributed by atoms with E-state index in [0.717, 1.165) is 23.5 Å². The van der Waals surface area contributed by atoms with Gasteiger partial charge in [0.1, 0.15) is 0 Å². The van der Waals surface area contributed by atoms with Crippen LogP contribution in [0.15, 0.2) is 16.8 Å². The number of nitrogen functional groups attached to an aromatic ring is 1. The van der Waals surface area contributed by atoms with Gasteiger partial charge in [-0.3, -0.25) is 0 Å². The van der Waals surface area contributed by atoms with Gasteiger partial charge in [0.25, 0.3) is 0 Å². The zero-order valence-electron chi connectivity index (χ0n) is 10.5. The van der Waals surface area contributed by atoms with Crippen molar-refractivity contribution in [2.24, 2.45) is 0 Å². The molecule has 1 aliphatic rings. The second-order valence-corrected chi connectivity index (χ2v) is 6.13. The standard InChI is InChI=1S/C12H16N4OS/c1-7-8(2)18-6-5-16(7)10-4-3-9(13)11-12(10)15-17-14-11/h3-4,7-8H,5-6,13H2,1-2H3. The van der Waals surface area contributed by atoms with Crippen LogP contribution >= 0.6 is 11.8 Å². The number of rotatable bonds is 1. The number of anilines is 2. The molecule has 5 nitrogen and oxygen atoms in total. The van der Waals surface area contributed by atoms with Crippen molar-refractivity contribution < 1.29 is 4.63 Å². The van der Waals surface area contributed by atoms with Gasteiger partial charge < -0.3 is 10.6 Å². The molecule has 0 amide bonds. The molecular weight excluding hydrogens is 248 g/mol. The lowest BCUT2D eigenvalue weighted by atomic mass is 10.1. The smallest absolute Gasteiger partial charge is 0.160 e. The second-order valence-electron chi connectivity index (χ2n) is 4.65. The summed E-state index contributed by atoms with van der Waals surface area (Å²) < 4.78 is 4.83. The van der Waals surface area contributed by atoms with E-state index in [1.54, 1.807) is 0 Å². The van der Waals surface area contributed by atoms with Crippen LogP contribution in [0.1, 0.15) is 13.8 Å². The van der Waals surface area contributed by atoms with Crippen molar-refractivity contribution in [1.29, 1.82) is 0 Å². The van der Waals surface area contributed by atoms with Crippen molar-refractivity contribution in [3.05, 3.63) is 12.1 Å². The van der Waals surface area contributed by atoms with Crippen LogP contribution in [-0.2, 0) is 0 Å². The van der Waals surface area contributed by atoms with Crippen LogP contribution in [0.3, 0.4) is 0 Å². The summed E-state index contributed by atoms with van der Waals surface area (Å²) in [7, 11) is 0. The SMILES string of the molecule is CC1SCCN(c2ccc(N)c3nonc23)C1C. The van der Waals surface area contributed by atoms with E-state index in [1.807, 2.05) is 23.9 Å². The maximum atomic E-state index is 5.88. The van der Waals surface area contributed by atoms with Crippen molar-refractivity contribution >= 4 is 34.2 Å². The molecule has 1 aliphatic heterocycles. The highest BCUT2D eigenvalue weighted by Gasteiger charge is 2.27.